The normalized spacial score (nSPS) is 20.0. The Hall–Kier alpha value is -1.80. The number of nitrogens with zero attached hydrogens (tertiary/aromatic N) is 3. The van der Waals surface area contributed by atoms with Gasteiger partial charge in [0.25, 0.3) is 5.91 Å². The maximum atomic E-state index is 12.2. The summed E-state index contributed by atoms with van der Waals surface area (Å²) < 4.78 is 7.48. The van der Waals surface area contributed by atoms with Gasteiger partial charge in [-0.15, -0.1) is 10.2 Å². The maximum absolute atomic E-state index is 12.2. The number of rotatable bonds is 7. The predicted molar refractivity (Wildman–Crippen MR) is 90.8 cm³/mol. The molecule has 0 unspecified atom stereocenters. The van der Waals surface area contributed by atoms with Crippen LogP contribution in [-0.4, -0.2) is 38.1 Å². The van der Waals surface area contributed by atoms with Crippen LogP contribution in [0.2, 0.25) is 0 Å². The summed E-state index contributed by atoms with van der Waals surface area (Å²) in [5, 5.41) is 20.5. The predicted octanol–water partition coefficient (Wildman–Crippen LogP) is 1.92. The number of aliphatic hydroxyl groups is 1. The lowest BCUT2D eigenvalue weighted by molar-refractivity contribution is 0.0877. The number of carbonyl (C=O) groups is 1. The molecule has 2 aromatic heterocycles. The molecule has 1 saturated carbocycles. The Bertz CT molecular complexity index is 706. The van der Waals surface area contributed by atoms with E-state index in [0.29, 0.717) is 11.6 Å². The highest BCUT2D eigenvalue weighted by Crippen LogP contribution is 2.36. The monoisotopic (exact) mass is 350 g/mol. The molecule has 3 rings (SSSR count). The zero-order valence-corrected chi connectivity index (χ0v) is 14.7. The molecule has 8 heteroatoms. The van der Waals surface area contributed by atoms with Crippen molar-refractivity contribution in [2.75, 3.05) is 6.26 Å². The molecule has 2 heterocycles. The Labute approximate surface area is 144 Å². The number of hydrogen-bond acceptors (Lipinski definition) is 6. The van der Waals surface area contributed by atoms with Gasteiger partial charge in [-0.2, -0.15) is 11.8 Å². The minimum Gasteiger partial charge on any atom is -0.455 e. The van der Waals surface area contributed by atoms with Gasteiger partial charge in [0.2, 0.25) is 0 Å². The highest BCUT2D eigenvalue weighted by molar-refractivity contribution is 7.97. The fourth-order valence-corrected chi connectivity index (χ4v) is 3.48. The molecule has 0 radical (unpaired) electrons. The third kappa shape index (κ3) is 3.34. The number of thioether (sulfide) groups is 1. The quantitative estimate of drug-likeness (QED) is 0.792. The van der Waals surface area contributed by atoms with Crippen LogP contribution in [0.4, 0.5) is 0 Å². The van der Waals surface area contributed by atoms with E-state index in [9.17, 15) is 9.90 Å². The third-order valence-corrected chi connectivity index (χ3v) is 4.90. The van der Waals surface area contributed by atoms with Crippen molar-refractivity contribution < 1.29 is 14.3 Å². The summed E-state index contributed by atoms with van der Waals surface area (Å²) in [5.74, 6) is 3.53. The standard InChI is InChI=1S/C16H22N4O3S/c1-3-20-14(8-21)18-19-15(20)10-6-11(7-10)17-16(22)13-5-4-12(23-13)9-24-2/h4-5,10-11,21H,3,6-9H2,1-2H3,(H,17,22). The van der Waals surface area contributed by atoms with Crippen LogP contribution in [0.1, 0.15) is 53.6 Å². The van der Waals surface area contributed by atoms with Crippen LogP contribution < -0.4 is 5.32 Å². The number of carbonyl (C=O) groups excluding carboxylic acids is 1. The Kier molecular flexibility index (Phi) is 5.25. The lowest BCUT2D eigenvalue weighted by Crippen LogP contribution is -2.44. The maximum Gasteiger partial charge on any atom is 0.287 e. The van der Waals surface area contributed by atoms with Crippen molar-refractivity contribution in [3.05, 3.63) is 35.3 Å². The minimum atomic E-state index is -0.168. The van der Waals surface area contributed by atoms with E-state index in [4.69, 9.17) is 4.42 Å². The van der Waals surface area contributed by atoms with Crippen molar-refractivity contribution in [1.29, 1.82) is 0 Å². The molecule has 0 spiro atoms. The van der Waals surface area contributed by atoms with Gasteiger partial charge in [0.1, 0.15) is 18.2 Å². The fraction of sp³-hybridized carbons (Fsp3) is 0.562. The molecule has 1 aliphatic carbocycles. The smallest absolute Gasteiger partial charge is 0.287 e. The number of aliphatic hydroxyl groups excluding tert-OH is 1. The summed E-state index contributed by atoms with van der Waals surface area (Å²) in [6.45, 7) is 2.63. The first kappa shape index (κ1) is 17.0. The summed E-state index contributed by atoms with van der Waals surface area (Å²) in [7, 11) is 0. The van der Waals surface area contributed by atoms with Gasteiger partial charge in [0.15, 0.2) is 11.6 Å². The van der Waals surface area contributed by atoms with Gasteiger partial charge in [0.05, 0.1) is 5.75 Å². The second-order valence-electron chi connectivity index (χ2n) is 5.91. The number of nitrogens with one attached hydrogen (secondary N) is 1. The van der Waals surface area contributed by atoms with Crippen LogP contribution in [0.15, 0.2) is 16.5 Å². The summed E-state index contributed by atoms with van der Waals surface area (Å²) >= 11 is 1.66. The van der Waals surface area contributed by atoms with E-state index in [-0.39, 0.29) is 24.5 Å². The first-order valence-electron chi connectivity index (χ1n) is 8.07. The van der Waals surface area contributed by atoms with Gasteiger partial charge < -0.3 is 19.4 Å². The Morgan fingerprint density at radius 3 is 2.92 bits per heavy atom. The molecule has 1 fully saturated rings. The number of aromatic nitrogens is 3. The van der Waals surface area contributed by atoms with Gasteiger partial charge in [-0.1, -0.05) is 0 Å². The first-order chi connectivity index (χ1) is 11.7. The molecule has 1 amide bonds. The second-order valence-corrected chi connectivity index (χ2v) is 6.78. The lowest BCUT2D eigenvalue weighted by atomic mass is 9.79. The van der Waals surface area contributed by atoms with E-state index < -0.39 is 0 Å². The van der Waals surface area contributed by atoms with Crippen molar-refractivity contribution >= 4 is 17.7 Å². The largest absolute Gasteiger partial charge is 0.455 e. The SMILES string of the molecule is CCn1c(CO)nnc1C1CC(NC(=O)c2ccc(CSC)o2)C1. The number of amides is 1. The molecule has 0 aliphatic heterocycles. The van der Waals surface area contributed by atoms with Crippen LogP contribution >= 0.6 is 11.8 Å². The topological polar surface area (TPSA) is 93.2 Å². The Morgan fingerprint density at radius 1 is 1.46 bits per heavy atom. The number of furan rings is 1. The van der Waals surface area contributed by atoms with Crippen molar-refractivity contribution in [2.24, 2.45) is 0 Å². The molecule has 2 N–H and O–H groups in total. The molecule has 0 aromatic carbocycles. The van der Waals surface area contributed by atoms with Gasteiger partial charge in [-0.3, -0.25) is 4.79 Å². The first-order valence-corrected chi connectivity index (χ1v) is 9.47. The van der Waals surface area contributed by atoms with Crippen LogP contribution in [0, 0.1) is 0 Å². The van der Waals surface area contributed by atoms with E-state index >= 15 is 0 Å². The van der Waals surface area contributed by atoms with Gasteiger partial charge in [-0.05, 0) is 38.2 Å². The molecule has 1 aliphatic rings. The third-order valence-electron chi connectivity index (χ3n) is 4.32. The average molecular weight is 350 g/mol. The summed E-state index contributed by atoms with van der Waals surface area (Å²) in [6, 6.07) is 3.68. The zero-order chi connectivity index (χ0) is 17.1. The van der Waals surface area contributed by atoms with E-state index in [0.717, 1.165) is 36.7 Å². The van der Waals surface area contributed by atoms with E-state index in [1.165, 1.54) is 0 Å². The highest BCUT2D eigenvalue weighted by Gasteiger charge is 2.35. The van der Waals surface area contributed by atoms with E-state index in [2.05, 4.69) is 15.5 Å². The molecule has 130 valence electrons. The molecular weight excluding hydrogens is 328 g/mol. The van der Waals surface area contributed by atoms with Crippen LogP contribution in [0.5, 0.6) is 0 Å². The molecule has 7 nitrogen and oxygen atoms in total. The molecule has 0 bridgehead atoms. The Morgan fingerprint density at radius 2 is 2.25 bits per heavy atom. The summed E-state index contributed by atoms with van der Waals surface area (Å²) in [4.78, 5) is 12.2. The van der Waals surface area contributed by atoms with Crippen molar-refractivity contribution in [1.82, 2.24) is 20.1 Å². The van der Waals surface area contributed by atoms with Gasteiger partial charge in [0, 0.05) is 18.5 Å². The fourth-order valence-electron chi connectivity index (χ4n) is 3.04. The van der Waals surface area contributed by atoms with Crippen LogP contribution in [-0.2, 0) is 18.9 Å². The molecule has 24 heavy (non-hydrogen) atoms. The summed E-state index contributed by atoms with van der Waals surface area (Å²) in [5.41, 5.74) is 0. The molecule has 2 aromatic rings. The van der Waals surface area contributed by atoms with E-state index in [1.54, 1.807) is 17.8 Å². The van der Waals surface area contributed by atoms with Gasteiger partial charge in [-0.25, -0.2) is 0 Å². The Balaban J connectivity index is 1.55. The second kappa shape index (κ2) is 7.40. The van der Waals surface area contributed by atoms with Crippen molar-refractivity contribution in [2.45, 2.75) is 50.6 Å². The summed E-state index contributed by atoms with van der Waals surface area (Å²) in [6.07, 6.45) is 3.65. The van der Waals surface area contributed by atoms with Crippen LogP contribution in [0.3, 0.4) is 0 Å². The van der Waals surface area contributed by atoms with Crippen molar-refractivity contribution in [3.8, 4) is 0 Å². The average Bonchev–Trinajstić information content (AvgIpc) is 3.16. The van der Waals surface area contributed by atoms with Gasteiger partial charge >= 0.3 is 0 Å². The minimum absolute atomic E-state index is 0.107. The molecule has 0 saturated heterocycles. The van der Waals surface area contributed by atoms with Crippen molar-refractivity contribution in [3.63, 3.8) is 0 Å². The molecular formula is C16H22N4O3S. The molecule has 0 atom stereocenters. The van der Waals surface area contributed by atoms with E-state index in [1.807, 2.05) is 23.8 Å². The zero-order valence-electron chi connectivity index (χ0n) is 13.9. The highest BCUT2D eigenvalue weighted by atomic mass is 32.2. The lowest BCUT2D eigenvalue weighted by Gasteiger charge is -2.35. The number of hydrogen-bond donors (Lipinski definition) is 2. The van der Waals surface area contributed by atoms with Crippen LogP contribution in [0.25, 0.3) is 0 Å².